The second-order valence-electron chi connectivity index (χ2n) is 9.35. The molecule has 39 heavy (non-hydrogen) atoms. The molecule has 0 radical (unpaired) electrons. The number of likely N-dealkylation sites (tertiary alicyclic amines) is 1. The maximum absolute atomic E-state index is 13.5. The second-order valence-corrected chi connectivity index (χ2v) is 9.35. The number of carbonyl (C=O) groups excluding carboxylic acids is 2. The predicted octanol–water partition coefficient (Wildman–Crippen LogP) is 3.27. The Labute approximate surface area is 225 Å². The van der Waals surface area contributed by atoms with Crippen LogP contribution in [-0.4, -0.2) is 64.6 Å². The van der Waals surface area contributed by atoms with E-state index in [9.17, 15) is 14.0 Å². The molecule has 0 bridgehead atoms. The van der Waals surface area contributed by atoms with Gasteiger partial charge in [-0.1, -0.05) is 6.08 Å². The highest BCUT2D eigenvalue weighted by Gasteiger charge is 2.47. The largest absolute Gasteiger partial charge is 0.381 e. The van der Waals surface area contributed by atoms with Crippen molar-refractivity contribution in [2.45, 2.75) is 25.3 Å². The van der Waals surface area contributed by atoms with Crippen molar-refractivity contribution in [3.05, 3.63) is 95.5 Å². The van der Waals surface area contributed by atoms with Gasteiger partial charge in [-0.15, -0.1) is 4.59 Å². The number of aromatic nitrogens is 1. The zero-order valence-electron chi connectivity index (χ0n) is 21.5. The van der Waals surface area contributed by atoms with Crippen LogP contribution in [0.15, 0.2) is 88.5 Å². The molecule has 2 aromatic rings. The number of aliphatic imine (C=N–C) groups is 2. The Morgan fingerprint density at radius 1 is 1.26 bits per heavy atom. The Morgan fingerprint density at radius 3 is 2.85 bits per heavy atom. The van der Waals surface area contributed by atoms with Gasteiger partial charge in [-0.3, -0.25) is 14.6 Å². The number of amidine groups is 1. The number of amides is 2. The number of ether oxygens (including phenoxy) is 1. The summed E-state index contributed by atoms with van der Waals surface area (Å²) in [6, 6.07) is 8.91. The molecule has 4 heterocycles. The minimum atomic E-state index is -0.492. The molecule has 1 aromatic carbocycles. The highest BCUT2D eigenvalue weighted by Crippen LogP contribution is 2.36. The van der Waals surface area contributed by atoms with Crippen LogP contribution in [0.3, 0.4) is 0 Å². The normalized spacial score (nSPS) is 22.3. The summed E-state index contributed by atoms with van der Waals surface area (Å²) < 4.78 is 18.3. The lowest BCUT2D eigenvalue weighted by atomic mass is 9.98. The fourth-order valence-electron chi connectivity index (χ4n) is 4.90. The van der Waals surface area contributed by atoms with Gasteiger partial charge in [-0.2, -0.15) is 10.8 Å². The fourth-order valence-corrected chi connectivity index (χ4v) is 4.90. The minimum Gasteiger partial charge on any atom is -0.381 e. The highest BCUT2D eigenvalue weighted by molar-refractivity contribution is 6.05. The number of piperidine rings is 1. The van der Waals surface area contributed by atoms with E-state index >= 15 is 0 Å². The van der Waals surface area contributed by atoms with E-state index in [0.717, 1.165) is 25.3 Å². The summed E-state index contributed by atoms with van der Waals surface area (Å²) in [7, 11) is 1.58. The van der Waals surface area contributed by atoms with E-state index in [2.05, 4.69) is 15.3 Å². The van der Waals surface area contributed by atoms with Crippen molar-refractivity contribution in [2.24, 2.45) is 15.8 Å². The molecule has 10 nitrogen and oxygen atoms in total. The number of hydrogen-bond acceptors (Lipinski definition) is 7. The molecular formula is C28H29FN7O3+. The first-order chi connectivity index (χ1) is 18.9. The lowest BCUT2D eigenvalue weighted by Crippen LogP contribution is -2.53. The van der Waals surface area contributed by atoms with Crippen molar-refractivity contribution in [1.29, 1.82) is 0 Å². The molecule has 0 saturated carbocycles. The number of nitrogens with one attached hydrogen (secondary N) is 1. The van der Waals surface area contributed by atoms with Gasteiger partial charge in [0.2, 0.25) is 11.6 Å². The molecule has 0 aliphatic carbocycles. The highest BCUT2D eigenvalue weighted by atomic mass is 19.1. The number of allylic oxidation sites excluding steroid dienone is 1. The van der Waals surface area contributed by atoms with E-state index in [4.69, 9.17) is 15.6 Å². The number of quaternary nitrogens is 1. The van der Waals surface area contributed by atoms with Gasteiger partial charge in [-0.25, -0.2) is 9.37 Å². The number of carbonyl (C=O) groups is 2. The van der Waals surface area contributed by atoms with E-state index in [1.165, 1.54) is 18.3 Å². The molecule has 1 fully saturated rings. The first-order valence-corrected chi connectivity index (χ1v) is 12.6. The van der Waals surface area contributed by atoms with Crippen molar-refractivity contribution < 1.29 is 23.3 Å². The van der Waals surface area contributed by atoms with Gasteiger partial charge in [0.15, 0.2) is 0 Å². The summed E-state index contributed by atoms with van der Waals surface area (Å²) in [4.78, 5) is 40.8. The summed E-state index contributed by atoms with van der Waals surface area (Å²) in [6.07, 6.45) is 12.2. The van der Waals surface area contributed by atoms with Crippen LogP contribution in [0.5, 0.6) is 0 Å². The number of anilines is 1. The van der Waals surface area contributed by atoms with Crippen molar-refractivity contribution in [3.8, 4) is 0 Å². The number of fused-ring (bicyclic) bond motifs is 1. The first kappa shape index (κ1) is 26.3. The van der Waals surface area contributed by atoms with Gasteiger partial charge >= 0.3 is 0 Å². The number of methoxy groups -OCH3 is 1. The molecule has 3 N–H and O–H groups in total. The molecule has 2 amide bonds. The molecule has 2 unspecified atom stereocenters. The molecule has 3 aliphatic rings. The molecule has 200 valence electrons. The maximum Gasteiger partial charge on any atom is 0.264 e. The van der Waals surface area contributed by atoms with Gasteiger partial charge in [0.25, 0.3) is 11.7 Å². The van der Waals surface area contributed by atoms with Crippen molar-refractivity contribution in [2.75, 3.05) is 25.6 Å². The summed E-state index contributed by atoms with van der Waals surface area (Å²) >= 11 is 0. The zero-order chi connectivity index (χ0) is 27.4. The first-order valence-electron chi connectivity index (χ1n) is 12.6. The van der Waals surface area contributed by atoms with Crippen LogP contribution in [0.4, 0.5) is 10.2 Å². The van der Waals surface area contributed by atoms with Crippen LogP contribution in [0, 0.1) is 5.82 Å². The van der Waals surface area contributed by atoms with E-state index in [1.807, 2.05) is 4.90 Å². The lowest BCUT2D eigenvalue weighted by Gasteiger charge is -2.35. The van der Waals surface area contributed by atoms with Crippen molar-refractivity contribution in [3.63, 3.8) is 0 Å². The Morgan fingerprint density at radius 2 is 2.08 bits per heavy atom. The van der Waals surface area contributed by atoms with Gasteiger partial charge in [0, 0.05) is 37.6 Å². The third-order valence-corrected chi connectivity index (χ3v) is 6.82. The number of hydrogen-bond donors (Lipinski definition) is 2. The number of halogens is 1. The van der Waals surface area contributed by atoms with E-state index in [0.29, 0.717) is 41.5 Å². The average molecular weight is 531 g/mol. The smallest absolute Gasteiger partial charge is 0.264 e. The van der Waals surface area contributed by atoms with Crippen molar-refractivity contribution >= 4 is 29.7 Å². The number of rotatable bonds is 7. The summed E-state index contributed by atoms with van der Waals surface area (Å²) in [6.45, 7) is 0.970. The van der Waals surface area contributed by atoms with E-state index in [-0.39, 0.29) is 22.4 Å². The molecule has 11 heteroatoms. The van der Waals surface area contributed by atoms with Gasteiger partial charge in [0.1, 0.15) is 23.5 Å². The zero-order valence-corrected chi connectivity index (χ0v) is 21.5. The molecule has 5 rings (SSSR count). The molecular weight excluding hydrogens is 501 g/mol. The average Bonchev–Trinajstić information content (AvgIpc) is 3.26. The third-order valence-electron chi connectivity index (χ3n) is 6.82. The fraction of sp³-hybridized carbons (Fsp3) is 0.250. The van der Waals surface area contributed by atoms with E-state index < -0.39 is 11.7 Å². The van der Waals surface area contributed by atoms with Gasteiger partial charge < -0.3 is 15.0 Å². The molecule has 0 spiro atoms. The van der Waals surface area contributed by atoms with Crippen molar-refractivity contribution in [1.82, 2.24) is 9.88 Å². The van der Waals surface area contributed by atoms with Crippen LogP contribution >= 0.6 is 0 Å². The summed E-state index contributed by atoms with van der Waals surface area (Å²) in [5.41, 5.74) is 2.46. The van der Waals surface area contributed by atoms with Crippen LogP contribution in [-0.2, 0) is 9.53 Å². The predicted molar refractivity (Wildman–Crippen MR) is 145 cm³/mol. The minimum absolute atomic E-state index is 0.102. The number of pyridine rings is 1. The standard InChI is InChI=1S/C28H28FN7O3/c1-39-16-4-6-25(37)35-14-3-2-5-22(35)26-23-18-31-13-15-36(23,30)27(34-26)19-7-9-20(10-8-19)28(38)33-24-17-21(29)11-12-32-24/h4,6-13,15,17-18,22H,2-3,5,14,16,30H2,1H3/p+1/b6-4+. The van der Waals surface area contributed by atoms with Gasteiger partial charge in [-0.05, 0) is 49.6 Å². The Balaban J connectivity index is 1.43. The summed E-state index contributed by atoms with van der Waals surface area (Å²) in [5, 5.41) is 2.59. The summed E-state index contributed by atoms with van der Waals surface area (Å²) in [5.74, 6) is 6.54. The Hall–Kier alpha value is -4.32. The van der Waals surface area contributed by atoms with Crippen LogP contribution < -0.4 is 11.2 Å². The second kappa shape index (κ2) is 11.2. The quantitative estimate of drug-likeness (QED) is 0.323. The lowest BCUT2D eigenvalue weighted by molar-refractivity contribution is -0.750. The van der Waals surface area contributed by atoms with E-state index in [1.54, 1.807) is 56.1 Å². The number of nitrogens with two attached hydrogens (primary N) is 1. The van der Waals surface area contributed by atoms with Crippen LogP contribution in [0.1, 0.15) is 35.2 Å². The maximum atomic E-state index is 13.5. The van der Waals surface area contributed by atoms with Crippen LogP contribution in [0.25, 0.3) is 0 Å². The Bertz CT molecular complexity index is 1430. The number of nitrogens with zero attached hydrogens (tertiary/aromatic N) is 5. The topological polar surface area (TPSA) is 122 Å². The SMILES string of the molecule is COC/C=C/C(=O)N1CCCCC1C1=C2C=NC=C[N+]2(N)C(c2ccc(C(=O)Nc3cc(F)ccn3)cc2)=N1. The van der Waals surface area contributed by atoms with Gasteiger partial charge in [0.05, 0.1) is 30.6 Å². The molecule has 1 aromatic heterocycles. The number of benzene rings is 1. The Kier molecular flexibility index (Phi) is 7.55. The van der Waals surface area contributed by atoms with Crippen LogP contribution in [0.2, 0.25) is 0 Å². The molecule has 2 atom stereocenters. The monoisotopic (exact) mass is 530 g/mol. The molecule has 1 saturated heterocycles. The third kappa shape index (κ3) is 5.32. The molecule has 3 aliphatic heterocycles.